The molecule has 2 amide bonds. The van der Waals surface area contributed by atoms with Crippen LogP contribution in [0, 0.1) is 5.92 Å². The second kappa shape index (κ2) is 9.30. The third-order valence-corrected chi connectivity index (χ3v) is 5.20. The van der Waals surface area contributed by atoms with Gasteiger partial charge in [-0.15, -0.1) is 21.8 Å². The number of halogens is 2. The van der Waals surface area contributed by atoms with Crippen molar-refractivity contribution in [2.75, 3.05) is 5.32 Å². The molecule has 9 heteroatoms. The minimum absolute atomic E-state index is 0.0605. The predicted molar refractivity (Wildman–Crippen MR) is 106 cm³/mol. The van der Waals surface area contributed by atoms with Crippen LogP contribution in [-0.4, -0.2) is 33.4 Å². The molecule has 2 rings (SSSR count). The second-order valence-electron chi connectivity index (χ2n) is 5.90. The van der Waals surface area contributed by atoms with Gasteiger partial charge in [-0.05, 0) is 25.0 Å². The van der Waals surface area contributed by atoms with E-state index in [1.54, 1.807) is 19.1 Å². The van der Waals surface area contributed by atoms with E-state index in [-0.39, 0.29) is 17.7 Å². The zero-order chi connectivity index (χ0) is 19.3. The Morgan fingerprint density at radius 1 is 1.23 bits per heavy atom. The van der Waals surface area contributed by atoms with Gasteiger partial charge in [0.1, 0.15) is 16.4 Å². The van der Waals surface area contributed by atoms with Crippen LogP contribution >= 0.6 is 34.5 Å². The van der Waals surface area contributed by atoms with Crippen LogP contribution < -0.4 is 10.6 Å². The fraction of sp³-hybridized carbons (Fsp3) is 0.412. The lowest BCUT2D eigenvalue weighted by atomic mass is 9.98. The first-order valence-electron chi connectivity index (χ1n) is 8.16. The van der Waals surface area contributed by atoms with Crippen LogP contribution in [0.1, 0.15) is 27.2 Å². The van der Waals surface area contributed by atoms with E-state index in [1.165, 1.54) is 11.3 Å². The summed E-state index contributed by atoms with van der Waals surface area (Å²) in [5.41, 5.74) is 0.818. The molecule has 3 atom stereocenters. The topological polar surface area (TPSA) is 84.0 Å². The van der Waals surface area contributed by atoms with Gasteiger partial charge in [-0.2, -0.15) is 0 Å². The van der Waals surface area contributed by atoms with Crippen molar-refractivity contribution >= 4 is 51.5 Å². The Balaban J connectivity index is 2.12. The first-order valence-corrected chi connectivity index (χ1v) is 9.79. The molecule has 1 aromatic heterocycles. The second-order valence-corrected chi connectivity index (χ2v) is 7.97. The lowest BCUT2D eigenvalue weighted by Crippen LogP contribution is -2.49. The van der Waals surface area contributed by atoms with Crippen LogP contribution in [0.2, 0.25) is 5.02 Å². The number of benzene rings is 1. The molecule has 0 aliphatic carbocycles. The molecule has 0 bridgehead atoms. The molecule has 0 aliphatic rings. The number of aromatic nitrogens is 2. The molecule has 26 heavy (non-hydrogen) atoms. The van der Waals surface area contributed by atoms with Crippen molar-refractivity contribution in [3.63, 3.8) is 0 Å². The summed E-state index contributed by atoms with van der Waals surface area (Å²) in [6.07, 6.45) is 0.721. The van der Waals surface area contributed by atoms with Crippen molar-refractivity contribution in [2.24, 2.45) is 5.92 Å². The normalized spacial score (nSPS) is 14.3. The molecule has 0 saturated carbocycles. The van der Waals surface area contributed by atoms with Crippen molar-refractivity contribution in [1.82, 2.24) is 15.5 Å². The van der Waals surface area contributed by atoms with Gasteiger partial charge in [0.05, 0.1) is 0 Å². The molecule has 1 heterocycles. The van der Waals surface area contributed by atoms with Crippen LogP contribution in [-0.2, 0) is 9.59 Å². The van der Waals surface area contributed by atoms with Crippen molar-refractivity contribution in [3.05, 3.63) is 29.3 Å². The molecule has 140 valence electrons. The number of amides is 2. The van der Waals surface area contributed by atoms with Crippen molar-refractivity contribution in [1.29, 1.82) is 0 Å². The maximum Gasteiger partial charge on any atom is 0.249 e. The van der Waals surface area contributed by atoms with Gasteiger partial charge >= 0.3 is 0 Å². The fourth-order valence-corrected chi connectivity index (χ4v) is 3.16. The highest BCUT2D eigenvalue weighted by atomic mass is 35.5. The summed E-state index contributed by atoms with van der Waals surface area (Å²) in [7, 11) is 0. The van der Waals surface area contributed by atoms with Crippen LogP contribution in [0.25, 0.3) is 10.6 Å². The van der Waals surface area contributed by atoms with Gasteiger partial charge in [0, 0.05) is 10.6 Å². The van der Waals surface area contributed by atoms with Crippen molar-refractivity contribution < 1.29 is 9.59 Å². The van der Waals surface area contributed by atoms with Gasteiger partial charge in [-0.25, -0.2) is 0 Å². The predicted octanol–water partition coefficient (Wildman–Crippen LogP) is 3.96. The summed E-state index contributed by atoms with van der Waals surface area (Å²) in [6.45, 7) is 5.40. The Labute approximate surface area is 166 Å². The zero-order valence-electron chi connectivity index (χ0n) is 14.6. The smallest absolute Gasteiger partial charge is 0.249 e. The van der Waals surface area contributed by atoms with Gasteiger partial charge in [0.25, 0.3) is 0 Å². The maximum absolute atomic E-state index is 12.6. The molecule has 0 saturated heterocycles. The number of rotatable bonds is 7. The Morgan fingerprint density at radius 3 is 2.58 bits per heavy atom. The molecule has 6 nitrogen and oxygen atoms in total. The summed E-state index contributed by atoms with van der Waals surface area (Å²) in [5.74, 6) is -0.794. The summed E-state index contributed by atoms with van der Waals surface area (Å²) in [4.78, 5) is 24.5. The number of carbonyl (C=O) groups is 2. The van der Waals surface area contributed by atoms with E-state index in [4.69, 9.17) is 23.2 Å². The molecule has 0 aliphatic heterocycles. The first kappa shape index (κ1) is 20.6. The molecular formula is C17H20Cl2N4O2S. The van der Waals surface area contributed by atoms with Crippen LogP contribution in [0.4, 0.5) is 5.13 Å². The van der Waals surface area contributed by atoms with E-state index in [0.29, 0.717) is 15.2 Å². The van der Waals surface area contributed by atoms with Gasteiger partial charge in [0.15, 0.2) is 0 Å². The van der Waals surface area contributed by atoms with E-state index in [1.807, 2.05) is 26.0 Å². The third-order valence-electron chi connectivity index (χ3n) is 3.88. The monoisotopic (exact) mass is 414 g/mol. The summed E-state index contributed by atoms with van der Waals surface area (Å²) in [6, 6.07) is 6.53. The SMILES string of the molecule is CCC(C)C(NC(=O)C(C)Cl)C(=O)Nc1nnc(-c2cccc(Cl)c2)s1. The van der Waals surface area contributed by atoms with Gasteiger partial charge in [-0.1, -0.05) is 55.3 Å². The Hall–Kier alpha value is -1.70. The van der Waals surface area contributed by atoms with E-state index in [2.05, 4.69) is 20.8 Å². The van der Waals surface area contributed by atoms with E-state index >= 15 is 0 Å². The molecule has 1 aromatic carbocycles. The van der Waals surface area contributed by atoms with Crippen LogP contribution in [0.15, 0.2) is 24.3 Å². The lowest BCUT2D eigenvalue weighted by Gasteiger charge is -2.23. The Bertz CT molecular complexity index is 782. The van der Waals surface area contributed by atoms with E-state index in [9.17, 15) is 9.59 Å². The molecule has 0 radical (unpaired) electrons. The zero-order valence-corrected chi connectivity index (χ0v) is 17.0. The highest BCUT2D eigenvalue weighted by molar-refractivity contribution is 7.18. The highest BCUT2D eigenvalue weighted by Crippen LogP contribution is 2.28. The number of carbonyl (C=O) groups excluding carboxylic acids is 2. The molecule has 0 fully saturated rings. The average Bonchev–Trinajstić information content (AvgIpc) is 3.07. The van der Waals surface area contributed by atoms with E-state index in [0.717, 1.165) is 12.0 Å². The third kappa shape index (κ3) is 5.40. The number of anilines is 1. The largest absolute Gasteiger partial charge is 0.343 e. The highest BCUT2D eigenvalue weighted by Gasteiger charge is 2.28. The van der Waals surface area contributed by atoms with Gasteiger partial charge in [0.2, 0.25) is 16.9 Å². The van der Waals surface area contributed by atoms with Gasteiger partial charge in [-0.3, -0.25) is 14.9 Å². The van der Waals surface area contributed by atoms with Gasteiger partial charge < -0.3 is 5.32 Å². The summed E-state index contributed by atoms with van der Waals surface area (Å²) < 4.78 is 0. The molecular weight excluding hydrogens is 395 g/mol. The first-order chi connectivity index (χ1) is 12.3. The molecule has 2 aromatic rings. The summed E-state index contributed by atoms with van der Waals surface area (Å²) >= 11 is 13.0. The number of nitrogens with zero attached hydrogens (tertiary/aromatic N) is 2. The minimum atomic E-state index is -0.717. The number of nitrogens with one attached hydrogen (secondary N) is 2. The average molecular weight is 415 g/mol. The van der Waals surface area contributed by atoms with Crippen molar-refractivity contribution in [3.8, 4) is 10.6 Å². The van der Waals surface area contributed by atoms with E-state index < -0.39 is 11.4 Å². The quantitative estimate of drug-likeness (QED) is 0.671. The number of alkyl halides is 1. The molecule has 3 unspecified atom stereocenters. The molecule has 2 N–H and O–H groups in total. The summed E-state index contributed by atoms with van der Waals surface area (Å²) in [5, 5.41) is 14.4. The number of hydrogen-bond acceptors (Lipinski definition) is 5. The number of hydrogen-bond donors (Lipinski definition) is 2. The lowest BCUT2D eigenvalue weighted by molar-refractivity contribution is -0.127. The Kier molecular flexibility index (Phi) is 7.37. The maximum atomic E-state index is 12.6. The Morgan fingerprint density at radius 2 is 1.96 bits per heavy atom. The van der Waals surface area contributed by atoms with Crippen molar-refractivity contribution in [2.45, 2.75) is 38.6 Å². The van der Waals surface area contributed by atoms with Crippen LogP contribution in [0.3, 0.4) is 0 Å². The molecule has 0 spiro atoms. The standard InChI is InChI=1S/C17H20Cl2N4O2S/c1-4-9(2)13(20-14(24)10(3)18)15(25)21-17-23-22-16(26-17)11-6-5-7-12(19)8-11/h5-10,13H,4H2,1-3H3,(H,20,24)(H,21,23,25). The minimum Gasteiger partial charge on any atom is -0.343 e. The fourth-order valence-electron chi connectivity index (χ4n) is 2.17. The van der Waals surface area contributed by atoms with Crippen LogP contribution in [0.5, 0.6) is 0 Å².